The first-order valence-corrected chi connectivity index (χ1v) is 17.1. The van der Waals surface area contributed by atoms with Gasteiger partial charge in [-0.15, -0.1) is 0 Å². The molecular weight excluding hydrogens is 664 g/mol. The minimum atomic E-state index is 0.785. The Bertz CT molecular complexity index is 2580. The summed E-state index contributed by atoms with van der Waals surface area (Å²) in [4.78, 5) is 18.2. The third-order valence-electron chi connectivity index (χ3n) is 9.10. The van der Waals surface area contributed by atoms with Gasteiger partial charge in [0.2, 0.25) is 0 Å². The van der Waals surface area contributed by atoms with Gasteiger partial charge in [-0.05, 0) is 80.7 Å². The zero-order valence-corrected chi connectivity index (χ0v) is 27.9. The number of aromatic amines is 2. The number of halogens is 1. The Balaban J connectivity index is 1.50. The van der Waals surface area contributed by atoms with Crippen LogP contribution in [0.25, 0.3) is 78.7 Å². The lowest BCUT2D eigenvalue weighted by atomic mass is 10.0. The molecule has 0 atom stereocenters. The minimum absolute atomic E-state index is 0.785. The molecule has 0 unspecified atom stereocenters. The quantitative estimate of drug-likeness (QED) is 0.189. The van der Waals surface area contributed by atoms with Gasteiger partial charge in [-0.3, -0.25) is 0 Å². The van der Waals surface area contributed by atoms with Crippen LogP contribution in [0.1, 0.15) is 17.0 Å². The van der Waals surface area contributed by atoms with Crippen LogP contribution < -0.4 is 0 Å². The van der Waals surface area contributed by atoms with E-state index < -0.39 is 0 Å². The number of aromatic nitrogens is 3. The fraction of sp³-hybridized carbons (Fsp3) is 0. The summed E-state index contributed by atoms with van der Waals surface area (Å²) in [7, 11) is 0. The summed E-state index contributed by atoms with van der Waals surface area (Å²) in [6, 6.07) is 52.8. The van der Waals surface area contributed by atoms with E-state index in [-0.39, 0.29) is 0 Å². The molecule has 2 aliphatic rings. The maximum atomic E-state index is 5.36. The number of benzene rings is 4. The largest absolute Gasteiger partial charge is 0.354 e. The van der Waals surface area contributed by atoms with Crippen LogP contribution in [0.3, 0.4) is 0 Å². The number of nitrogens with zero attached hydrogens (tertiary/aromatic N) is 2. The smallest absolute Gasteiger partial charge is 0.114 e. The van der Waals surface area contributed by atoms with Crippen LogP contribution >= 0.6 is 15.9 Å². The van der Waals surface area contributed by atoms with Crippen molar-refractivity contribution in [1.82, 2.24) is 15.0 Å². The highest BCUT2D eigenvalue weighted by Gasteiger charge is 2.21. The molecule has 0 saturated heterocycles. The van der Waals surface area contributed by atoms with Gasteiger partial charge >= 0.3 is 0 Å². The molecule has 0 amide bonds. The lowest BCUT2D eigenvalue weighted by Gasteiger charge is -2.07. The lowest BCUT2D eigenvalue weighted by molar-refractivity contribution is 1.32. The summed E-state index contributed by atoms with van der Waals surface area (Å²) < 4.78 is 0.785. The Kier molecular flexibility index (Phi) is 7.25. The maximum absolute atomic E-state index is 5.36. The molecule has 2 N–H and O–H groups in total. The van der Waals surface area contributed by atoms with Gasteiger partial charge in [-0.1, -0.05) is 121 Å². The predicted octanol–water partition coefficient (Wildman–Crippen LogP) is 12.2. The topological polar surface area (TPSA) is 56.8 Å². The highest BCUT2D eigenvalue weighted by atomic mass is 79.9. The molecule has 5 heterocycles. The van der Waals surface area contributed by atoms with Crippen molar-refractivity contribution < 1.29 is 0 Å². The lowest BCUT2D eigenvalue weighted by Crippen LogP contribution is -1.90. The van der Waals surface area contributed by atoms with Crippen molar-refractivity contribution in [3.8, 4) is 44.5 Å². The summed E-state index contributed by atoms with van der Waals surface area (Å²) in [6.07, 6.45) is 4.27. The van der Waals surface area contributed by atoms with E-state index in [1.807, 2.05) is 24.3 Å². The van der Waals surface area contributed by atoms with Crippen molar-refractivity contribution in [2.75, 3.05) is 0 Å². The molecule has 7 aromatic rings. The summed E-state index contributed by atoms with van der Waals surface area (Å²) >= 11 is 3.90. The second-order valence-electron chi connectivity index (χ2n) is 12.1. The van der Waals surface area contributed by atoms with E-state index in [0.29, 0.717) is 0 Å². The van der Waals surface area contributed by atoms with Crippen LogP contribution in [0.5, 0.6) is 0 Å². The third kappa shape index (κ3) is 5.25. The molecule has 4 aromatic carbocycles. The van der Waals surface area contributed by atoms with Crippen LogP contribution in [-0.2, 0) is 0 Å². The van der Waals surface area contributed by atoms with Crippen LogP contribution in [0, 0.1) is 0 Å². The van der Waals surface area contributed by atoms with E-state index in [1.54, 1.807) is 0 Å². The molecular formula is C44H29BrN4. The Morgan fingerprint density at radius 1 is 0.408 bits per heavy atom. The van der Waals surface area contributed by atoms with Crippen molar-refractivity contribution in [2.45, 2.75) is 0 Å². The van der Waals surface area contributed by atoms with Crippen LogP contribution in [0.4, 0.5) is 5.69 Å². The van der Waals surface area contributed by atoms with E-state index in [0.717, 1.165) is 93.8 Å². The van der Waals surface area contributed by atoms with Crippen molar-refractivity contribution >= 4 is 60.5 Å². The molecule has 0 aliphatic carbocycles. The van der Waals surface area contributed by atoms with Gasteiger partial charge in [-0.2, -0.15) is 0 Å². The highest BCUT2D eigenvalue weighted by Crippen LogP contribution is 2.42. The highest BCUT2D eigenvalue weighted by molar-refractivity contribution is 9.18. The Morgan fingerprint density at radius 3 is 1.22 bits per heavy atom. The fourth-order valence-corrected chi connectivity index (χ4v) is 7.42. The number of nitrogens with one attached hydrogen (secondary N) is 2. The van der Waals surface area contributed by atoms with Crippen LogP contribution in [0.15, 0.2) is 157 Å². The third-order valence-corrected chi connectivity index (χ3v) is 9.70. The number of H-pyrrole nitrogens is 2. The molecule has 0 fully saturated rings. The molecule has 0 spiro atoms. The Hall–Kier alpha value is -6.04. The van der Waals surface area contributed by atoms with E-state index in [4.69, 9.17) is 9.98 Å². The van der Waals surface area contributed by atoms with E-state index >= 15 is 0 Å². The van der Waals surface area contributed by atoms with E-state index in [9.17, 15) is 0 Å². The maximum Gasteiger partial charge on any atom is 0.114 e. The summed E-state index contributed by atoms with van der Waals surface area (Å²) in [5.74, 6) is 0. The Morgan fingerprint density at radius 2 is 0.776 bits per heavy atom. The summed E-state index contributed by atoms with van der Waals surface area (Å²) in [5.41, 5.74) is 16.1. The van der Waals surface area contributed by atoms with Gasteiger partial charge < -0.3 is 9.97 Å². The number of hydrogen-bond donors (Lipinski definition) is 2. The zero-order chi connectivity index (χ0) is 32.7. The second-order valence-corrected chi connectivity index (χ2v) is 12.8. The normalized spacial score (nSPS) is 12.2. The van der Waals surface area contributed by atoms with Gasteiger partial charge in [0.25, 0.3) is 0 Å². The van der Waals surface area contributed by atoms with Gasteiger partial charge in [-0.25, -0.2) is 9.98 Å². The molecule has 232 valence electrons. The monoisotopic (exact) mass is 692 g/mol. The van der Waals surface area contributed by atoms with Gasteiger partial charge in [0, 0.05) is 49.9 Å². The number of hydrogen-bond acceptors (Lipinski definition) is 2. The van der Waals surface area contributed by atoms with Crippen molar-refractivity contribution in [1.29, 1.82) is 0 Å². The van der Waals surface area contributed by atoms with Crippen molar-refractivity contribution in [3.05, 3.63) is 169 Å². The molecule has 5 heteroatoms. The minimum Gasteiger partial charge on any atom is -0.354 e. The molecule has 9 rings (SSSR count). The standard InChI is InChI=1S/C44H29BrN4/c45-44-32-27-39(49-44)43(31-19-11-4-12-20-31)38-26-25-37(48-38)42(30-17-9-3-10-18-30)36-24-23-35(47-36)41(29-15-7-2-8-16-29)34-22-21-33(46-34)40(32)28-13-5-1-6-14-28/h1-27,46,48H. The number of rotatable bonds is 4. The Labute approximate surface area is 292 Å². The second kappa shape index (κ2) is 12.2. The molecule has 0 radical (unpaired) electrons. The first-order valence-electron chi connectivity index (χ1n) is 16.3. The first kappa shape index (κ1) is 29.1. The first-order chi connectivity index (χ1) is 24.2. The zero-order valence-electron chi connectivity index (χ0n) is 26.4. The van der Waals surface area contributed by atoms with Crippen molar-refractivity contribution in [2.24, 2.45) is 4.99 Å². The van der Waals surface area contributed by atoms with E-state index in [2.05, 4.69) is 165 Å². The molecule has 8 bridgehead atoms. The molecule has 49 heavy (non-hydrogen) atoms. The van der Waals surface area contributed by atoms with Gasteiger partial charge in [0.15, 0.2) is 0 Å². The molecule has 2 aliphatic heterocycles. The van der Waals surface area contributed by atoms with Crippen molar-refractivity contribution in [3.63, 3.8) is 0 Å². The summed E-state index contributed by atoms with van der Waals surface area (Å²) in [5, 5.41) is 0. The molecule has 4 nitrogen and oxygen atoms in total. The van der Waals surface area contributed by atoms with Gasteiger partial charge in [0.05, 0.1) is 17.1 Å². The molecule has 0 saturated carbocycles. The predicted molar refractivity (Wildman–Crippen MR) is 209 cm³/mol. The van der Waals surface area contributed by atoms with E-state index in [1.165, 1.54) is 0 Å². The van der Waals surface area contributed by atoms with Crippen LogP contribution in [0.2, 0.25) is 0 Å². The number of fused-ring (bicyclic) bond motifs is 8. The average Bonchev–Trinajstić information content (AvgIpc) is 3.98. The fourth-order valence-electron chi connectivity index (χ4n) is 6.91. The summed E-state index contributed by atoms with van der Waals surface area (Å²) in [6.45, 7) is 0. The van der Waals surface area contributed by atoms with Gasteiger partial charge in [0.1, 0.15) is 4.62 Å². The molecule has 3 aromatic heterocycles. The van der Waals surface area contributed by atoms with Crippen LogP contribution in [-0.4, -0.2) is 19.6 Å². The SMILES string of the molecule is BrC1=Nc2cc1c(-c1ccccc1)c1ccc([nH]1)c(-c1ccccc1)c1nc(c(-c3ccccc3)c3ccc([nH]3)c2-c2ccccc2)C=C1. The average molecular weight is 694 g/mol. The number of aliphatic imine (C=N–C) groups is 1.